The van der Waals surface area contributed by atoms with E-state index < -0.39 is 0 Å². The molecule has 0 spiro atoms. The summed E-state index contributed by atoms with van der Waals surface area (Å²) in [5.41, 5.74) is 0. The Morgan fingerprint density at radius 2 is 1.22 bits per heavy atom. The van der Waals surface area contributed by atoms with Crippen LogP contribution >= 0.6 is 0 Å². The van der Waals surface area contributed by atoms with Crippen LogP contribution in [0.25, 0.3) is 0 Å². The minimum Gasteiger partial charge on any atom is -0.376 e. The van der Waals surface area contributed by atoms with E-state index in [0.717, 1.165) is 19.8 Å². The molecule has 3 aliphatic heterocycles. The van der Waals surface area contributed by atoms with E-state index >= 15 is 0 Å². The predicted molar refractivity (Wildman–Crippen MR) is 60.6 cm³/mol. The Balaban J connectivity index is 1.28. The Labute approximate surface area is 106 Å². The molecule has 18 heavy (non-hydrogen) atoms. The molecule has 3 aliphatic rings. The van der Waals surface area contributed by atoms with Crippen LogP contribution in [0.2, 0.25) is 0 Å². The van der Waals surface area contributed by atoms with Gasteiger partial charge in [0.05, 0.1) is 52.9 Å². The van der Waals surface area contributed by atoms with Gasteiger partial charge in [-0.2, -0.15) is 0 Å². The first-order valence-electron chi connectivity index (χ1n) is 6.52. The van der Waals surface area contributed by atoms with Crippen LogP contribution in [-0.2, 0) is 28.4 Å². The molecule has 3 rings (SSSR count). The summed E-state index contributed by atoms with van der Waals surface area (Å²) in [7, 11) is 0. The van der Waals surface area contributed by atoms with Gasteiger partial charge in [0.25, 0.3) is 0 Å². The molecule has 3 atom stereocenters. The van der Waals surface area contributed by atoms with Crippen molar-refractivity contribution in [2.45, 2.75) is 24.4 Å². The van der Waals surface area contributed by atoms with E-state index in [1.807, 2.05) is 0 Å². The molecule has 0 unspecified atom stereocenters. The van der Waals surface area contributed by atoms with Crippen LogP contribution in [0.4, 0.5) is 0 Å². The zero-order chi connectivity index (χ0) is 12.2. The van der Waals surface area contributed by atoms with Crippen LogP contribution < -0.4 is 0 Å². The average Bonchev–Trinajstić information content (AvgIpc) is 3.23. The number of ether oxygens (including phenoxy) is 6. The molecular weight excluding hydrogens is 240 g/mol. The number of rotatable bonds is 11. The first-order valence-corrected chi connectivity index (χ1v) is 6.52. The zero-order valence-electron chi connectivity index (χ0n) is 10.4. The summed E-state index contributed by atoms with van der Waals surface area (Å²) in [5.74, 6) is 0. The van der Waals surface area contributed by atoms with Gasteiger partial charge in [-0.15, -0.1) is 0 Å². The van der Waals surface area contributed by atoms with Crippen molar-refractivity contribution in [3.63, 3.8) is 0 Å². The lowest BCUT2D eigenvalue weighted by Crippen LogP contribution is -2.28. The van der Waals surface area contributed by atoms with Gasteiger partial charge in [0, 0.05) is 0 Å². The molecule has 0 bridgehead atoms. The molecule has 0 aliphatic carbocycles. The standard InChI is InChI=1S/C12H20O6/c1(13-3-10-5-16-10)9(15-7-12-8-18-12)2-14-4-11-6-17-11/h9-12H,1-8H2/t10-,11-,12-/m1/s1. The van der Waals surface area contributed by atoms with Gasteiger partial charge < -0.3 is 28.4 Å². The summed E-state index contributed by atoms with van der Waals surface area (Å²) >= 11 is 0. The fourth-order valence-electron chi connectivity index (χ4n) is 1.54. The Bertz CT molecular complexity index is 231. The van der Waals surface area contributed by atoms with Gasteiger partial charge in [-0.05, 0) is 0 Å². The van der Waals surface area contributed by atoms with Gasteiger partial charge in [-0.3, -0.25) is 0 Å². The summed E-state index contributed by atoms with van der Waals surface area (Å²) in [4.78, 5) is 0. The molecular formula is C12H20O6. The van der Waals surface area contributed by atoms with Crippen molar-refractivity contribution in [1.82, 2.24) is 0 Å². The third-order valence-corrected chi connectivity index (χ3v) is 2.94. The predicted octanol–water partition coefficient (Wildman–Crippen LogP) is -0.399. The molecule has 0 aromatic rings. The number of hydrogen-bond donors (Lipinski definition) is 0. The smallest absolute Gasteiger partial charge is 0.104 e. The van der Waals surface area contributed by atoms with Gasteiger partial charge in [-0.25, -0.2) is 0 Å². The highest BCUT2D eigenvalue weighted by atomic mass is 16.6. The summed E-state index contributed by atoms with van der Waals surface area (Å²) < 4.78 is 32.1. The minimum absolute atomic E-state index is 0.0355. The molecule has 3 heterocycles. The van der Waals surface area contributed by atoms with E-state index in [-0.39, 0.29) is 24.4 Å². The summed E-state index contributed by atoms with van der Waals surface area (Å²) in [6.07, 6.45) is 0.814. The lowest BCUT2D eigenvalue weighted by Gasteiger charge is -2.17. The Kier molecular flexibility index (Phi) is 4.45. The normalized spacial score (nSPS) is 32.8. The highest BCUT2D eigenvalue weighted by Gasteiger charge is 2.27. The Morgan fingerprint density at radius 3 is 1.67 bits per heavy atom. The van der Waals surface area contributed by atoms with Crippen LogP contribution in [-0.4, -0.2) is 77.3 Å². The highest BCUT2D eigenvalue weighted by Crippen LogP contribution is 2.13. The number of hydrogen-bond acceptors (Lipinski definition) is 6. The van der Waals surface area contributed by atoms with Gasteiger partial charge in [0.15, 0.2) is 0 Å². The van der Waals surface area contributed by atoms with E-state index in [2.05, 4.69) is 0 Å². The van der Waals surface area contributed by atoms with Gasteiger partial charge in [-0.1, -0.05) is 0 Å². The molecule has 0 amide bonds. The van der Waals surface area contributed by atoms with E-state index in [0.29, 0.717) is 33.0 Å². The minimum atomic E-state index is -0.0355. The maximum absolute atomic E-state index is 5.71. The van der Waals surface area contributed by atoms with Crippen molar-refractivity contribution in [2.75, 3.05) is 52.9 Å². The molecule has 104 valence electrons. The molecule has 0 aromatic heterocycles. The van der Waals surface area contributed by atoms with E-state index in [1.165, 1.54) is 0 Å². The lowest BCUT2D eigenvalue weighted by molar-refractivity contribution is -0.0661. The topological polar surface area (TPSA) is 65.3 Å². The third kappa shape index (κ3) is 5.17. The molecule has 3 fully saturated rings. The SMILES string of the molecule is C(OC[C@@H]1CO1)C(COC[C@@H]1CO1)OC[C@@H]1CO1. The van der Waals surface area contributed by atoms with Crippen molar-refractivity contribution in [3.8, 4) is 0 Å². The number of epoxide rings is 3. The zero-order valence-corrected chi connectivity index (χ0v) is 10.4. The summed E-state index contributed by atoms with van der Waals surface area (Å²) in [6, 6.07) is 0. The fourth-order valence-corrected chi connectivity index (χ4v) is 1.54. The van der Waals surface area contributed by atoms with Crippen molar-refractivity contribution < 1.29 is 28.4 Å². The molecule has 0 saturated carbocycles. The van der Waals surface area contributed by atoms with Gasteiger partial charge in [0.1, 0.15) is 24.4 Å². The first kappa shape index (κ1) is 12.8. The van der Waals surface area contributed by atoms with E-state index in [1.54, 1.807) is 0 Å². The average molecular weight is 260 g/mol. The van der Waals surface area contributed by atoms with Gasteiger partial charge >= 0.3 is 0 Å². The highest BCUT2D eigenvalue weighted by molar-refractivity contribution is 4.72. The maximum Gasteiger partial charge on any atom is 0.104 e. The lowest BCUT2D eigenvalue weighted by atomic mass is 10.4. The quantitative estimate of drug-likeness (QED) is 0.471. The second kappa shape index (κ2) is 6.27. The van der Waals surface area contributed by atoms with Crippen LogP contribution in [0.3, 0.4) is 0 Å². The summed E-state index contributed by atoms with van der Waals surface area (Å²) in [5, 5.41) is 0. The van der Waals surface area contributed by atoms with Crippen molar-refractivity contribution >= 4 is 0 Å². The van der Waals surface area contributed by atoms with Crippen molar-refractivity contribution in [2.24, 2.45) is 0 Å². The van der Waals surface area contributed by atoms with Crippen molar-refractivity contribution in [1.29, 1.82) is 0 Å². The third-order valence-electron chi connectivity index (χ3n) is 2.94. The molecule has 6 nitrogen and oxygen atoms in total. The Morgan fingerprint density at radius 1 is 0.778 bits per heavy atom. The molecule has 6 heteroatoms. The molecule has 0 N–H and O–H groups in total. The Hall–Kier alpha value is -0.240. The first-order chi connectivity index (χ1) is 8.90. The van der Waals surface area contributed by atoms with Gasteiger partial charge in [0.2, 0.25) is 0 Å². The second-order valence-corrected chi connectivity index (χ2v) is 4.90. The van der Waals surface area contributed by atoms with Crippen molar-refractivity contribution in [3.05, 3.63) is 0 Å². The molecule has 0 aromatic carbocycles. The largest absolute Gasteiger partial charge is 0.376 e. The second-order valence-electron chi connectivity index (χ2n) is 4.90. The van der Waals surface area contributed by atoms with E-state index in [4.69, 9.17) is 28.4 Å². The molecule has 3 saturated heterocycles. The van der Waals surface area contributed by atoms with Crippen LogP contribution in [0.1, 0.15) is 0 Å². The van der Waals surface area contributed by atoms with Crippen LogP contribution in [0.5, 0.6) is 0 Å². The van der Waals surface area contributed by atoms with Crippen LogP contribution in [0.15, 0.2) is 0 Å². The molecule has 0 radical (unpaired) electrons. The fraction of sp³-hybridized carbons (Fsp3) is 1.00. The maximum atomic E-state index is 5.71. The summed E-state index contributed by atoms with van der Waals surface area (Å²) in [6.45, 7) is 5.43. The monoisotopic (exact) mass is 260 g/mol. The van der Waals surface area contributed by atoms with Crippen LogP contribution in [0, 0.1) is 0 Å². The van der Waals surface area contributed by atoms with E-state index in [9.17, 15) is 0 Å².